The van der Waals surface area contributed by atoms with E-state index in [4.69, 9.17) is 9.47 Å². The number of methoxy groups -OCH3 is 2. The Morgan fingerprint density at radius 2 is 1.90 bits per heavy atom. The maximum atomic E-state index is 11.6. The predicted octanol–water partition coefficient (Wildman–Crippen LogP) is 2.80. The van der Waals surface area contributed by atoms with Crippen LogP contribution in [0.1, 0.15) is 10.4 Å². The lowest BCUT2D eigenvalue weighted by Gasteiger charge is -2.04. The van der Waals surface area contributed by atoms with E-state index in [1.807, 2.05) is 30.5 Å². The van der Waals surface area contributed by atoms with Crippen molar-refractivity contribution in [2.24, 2.45) is 0 Å². The average Bonchev–Trinajstić information content (AvgIpc) is 2.96. The van der Waals surface area contributed by atoms with Crippen molar-refractivity contribution in [3.05, 3.63) is 54.4 Å². The Morgan fingerprint density at radius 1 is 1.10 bits per heavy atom. The summed E-state index contributed by atoms with van der Waals surface area (Å²) in [7, 11) is 2.99. The zero-order valence-electron chi connectivity index (χ0n) is 11.7. The van der Waals surface area contributed by atoms with Gasteiger partial charge in [0.15, 0.2) is 0 Å². The molecule has 3 aromatic rings. The number of pyridine rings is 1. The van der Waals surface area contributed by atoms with Gasteiger partial charge in [-0.05, 0) is 24.3 Å². The first-order chi connectivity index (χ1) is 10.2. The molecule has 5 nitrogen and oxygen atoms in total. The van der Waals surface area contributed by atoms with E-state index < -0.39 is 0 Å². The lowest BCUT2D eigenvalue weighted by Crippen LogP contribution is -2.02. The molecule has 0 bridgehead atoms. The largest absolute Gasteiger partial charge is 0.496 e. The highest BCUT2D eigenvalue weighted by molar-refractivity contribution is 5.89. The molecule has 0 aliphatic heterocycles. The molecule has 5 heteroatoms. The number of imidazole rings is 1. The van der Waals surface area contributed by atoms with Crippen LogP contribution in [0.2, 0.25) is 0 Å². The number of esters is 1. The van der Waals surface area contributed by atoms with Crippen LogP contribution in [0.25, 0.3) is 16.9 Å². The fourth-order valence-corrected chi connectivity index (χ4v) is 2.22. The van der Waals surface area contributed by atoms with Crippen LogP contribution in [0.5, 0.6) is 5.75 Å². The molecule has 106 valence electrons. The molecule has 0 saturated heterocycles. The van der Waals surface area contributed by atoms with Gasteiger partial charge in [0.2, 0.25) is 0 Å². The van der Waals surface area contributed by atoms with Gasteiger partial charge in [-0.1, -0.05) is 12.1 Å². The average molecular weight is 282 g/mol. The highest BCUT2D eigenvalue weighted by atomic mass is 16.5. The Kier molecular flexibility index (Phi) is 3.31. The summed E-state index contributed by atoms with van der Waals surface area (Å²) in [4.78, 5) is 16.1. The lowest BCUT2D eigenvalue weighted by molar-refractivity contribution is 0.0600. The fourth-order valence-electron chi connectivity index (χ4n) is 2.22. The Balaban J connectivity index is 2.11. The van der Waals surface area contributed by atoms with E-state index in [9.17, 15) is 4.79 Å². The number of carbonyl (C=O) groups excluding carboxylic acids is 1. The number of fused-ring (bicyclic) bond motifs is 1. The number of aromatic nitrogens is 2. The van der Waals surface area contributed by atoms with Gasteiger partial charge in [0.05, 0.1) is 25.5 Å². The fraction of sp³-hybridized carbons (Fsp3) is 0.125. The molecule has 0 spiro atoms. The van der Waals surface area contributed by atoms with Gasteiger partial charge in [-0.15, -0.1) is 0 Å². The quantitative estimate of drug-likeness (QED) is 0.693. The Morgan fingerprint density at radius 3 is 2.67 bits per heavy atom. The minimum absolute atomic E-state index is 0.371. The standard InChI is InChI=1S/C16H14N2O3/c1-20-14-6-4-3-5-12(14)13-10-18-9-11(16(19)21-2)7-8-15(18)17-13/h3-10H,1-2H3. The highest BCUT2D eigenvalue weighted by Crippen LogP contribution is 2.29. The molecular formula is C16H14N2O3. The normalized spacial score (nSPS) is 10.6. The van der Waals surface area contributed by atoms with E-state index in [0.29, 0.717) is 5.56 Å². The van der Waals surface area contributed by atoms with Crippen LogP contribution in [0.4, 0.5) is 0 Å². The molecule has 0 atom stereocenters. The number of para-hydroxylation sites is 1. The molecule has 0 aliphatic rings. The van der Waals surface area contributed by atoms with Crippen LogP contribution in [-0.4, -0.2) is 29.6 Å². The van der Waals surface area contributed by atoms with E-state index in [1.165, 1.54) is 7.11 Å². The van der Waals surface area contributed by atoms with Crippen molar-refractivity contribution in [1.82, 2.24) is 9.38 Å². The summed E-state index contributed by atoms with van der Waals surface area (Å²) in [5, 5.41) is 0. The second-order valence-corrected chi connectivity index (χ2v) is 4.50. The molecule has 21 heavy (non-hydrogen) atoms. The van der Waals surface area contributed by atoms with Crippen LogP contribution in [-0.2, 0) is 4.74 Å². The minimum Gasteiger partial charge on any atom is -0.496 e. The first-order valence-corrected chi connectivity index (χ1v) is 6.43. The number of rotatable bonds is 3. The summed E-state index contributed by atoms with van der Waals surface area (Å²) >= 11 is 0. The third-order valence-electron chi connectivity index (χ3n) is 3.26. The number of carbonyl (C=O) groups is 1. The van der Waals surface area contributed by atoms with Crippen molar-refractivity contribution in [2.75, 3.05) is 14.2 Å². The third kappa shape index (κ3) is 2.33. The first-order valence-electron chi connectivity index (χ1n) is 6.43. The molecule has 0 radical (unpaired) electrons. The molecular weight excluding hydrogens is 268 g/mol. The van der Waals surface area contributed by atoms with Gasteiger partial charge in [-0.3, -0.25) is 0 Å². The first kappa shape index (κ1) is 13.2. The number of nitrogens with zero attached hydrogens (tertiary/aromatic N) is 2. The summed E-state index contributed by atoms with van der Waals surface area (Å²) in [5.74, 6) is 0.388. The van der Waals surface area contributed by atoms with E-state index >= 15 is 0 Å². The summed E-state index contributed by atoms with van der Waals surface area (Å²) < 4.78 is 11.9. The molecule has 0 N–H and O–H groups in total. The molecule has 0 amide bonds. The Bertz CT molecular complexity index is 808. The van der Waals surface area contributed by atoms with Gasteiger partial charge in [-0.25, -0.2) is 9.78 Å². The van der Waals surface area contributed by atoms with Gasteiger partial charge in [0.1, 0.15) is 11.4 Å². The number of ether oxygens (including phenoxy) is 2. The van der Waals surface area contributed by atoms with Crippen LogP contribution in [0.15, 0.2) is 48.8 Å². The highest BCUT2D eigenvalue weighted by Gasteiger charge is 2.11. The van der Waals surface area contributed by atoms with Crippen LogP contribution >= 0.6 is 0 Å². The van der Waals surface area contributed by atoms with Gasteiger partial charge in [0.25, 0.3) is 0 Å². The topological polar surface area (TPSA) is 52.8 Å². The number of benzene rings is 1. The van der Waals surface area contributed by atoms with Crippen molar-refractivity contribution in [2.45, 2.75) is 0 Å². The maximum Gasteiger partial charge on any atom is 0.339 e. The van der Waals surface area contributed by atoms with E-state index in [2.05, 4.69) is 4.98 Å². The van der Waals surface area contributed by atoms with Crippen molar-refractivity contribution < 1.29 is 14.3 Å². The molecule has 0 fully saturated rings. The smallest absolute Gasteiger partial charge is 0.339 e. The Hall–Kier alpha value is -2.82. The molecule has 0 saturated carbocycles. The molecule has 0 unspecified atom stereocenters. The van der Waals surface area contributed by atoms with Gasteiger partial charge in [0, 0.05) is 18.0 Å². The molecule has 3 rings (SSSR count). The van der Waals surface area contributed by atoms with E-state index in [-0.39, 0.29) is 5.97 Å². The van der Waals surface area contributed by atoms with Crippen molar-refractivity contribution in [3.63, 3.8) is 0 Å². The van der Waals surface area contributed by atoms with Crippen molar-refractivity contribution >= 4 is 11.6 Å². The van der Waals surface area contributed by atoms with Crippen LogP contribution in [0, 0.1) is 0 Å². The molecule has 2 heterocycles. The summed E-state index contributed by atoms with van der Waals surface area (Å²) in [6, 6.07) is 11.2. The van der Waals surface area contributed by atoms with Crippen LogP contribution < -0.4 is 4.74 Å². The van der Waals surface area contributed by atoms with E-state index in [0.717, 1.165) is 22.7 Å². The molecule has 1 aromatic carbocycles. The summed E-state index contributed by atoms with van der Waals surface area (Å²) in [5.41, 5.74) is 2.93. The predicted molar refractivity (Wildman–Crippen MR) is 78.5 cm³/mol. The zero-order valence-corrected chi connectivity index (χ0v) is 11.7. The minimum atomic E-state index is -0.371. The van der Waals surface area contributed by atoms with Crippen LogP contribution in [0.3, 0.4) is 0 Å². The molecule has 0 aliphatic carbocycles. The molecule has 2 aromatic heterocycles. The third-order valence-corrected chi connectivity index (χ3v) is 3.26. The zero-order chi connectivity index (χ0) is 14.8. The van der Waals surface area contributed by atoms with Gasteiger partial charge in [-0.2, -0.15) is 0 Å². The number of hydrogen-bond donors (Lipinski definition) is 0. The van der Waals surface area contributed by atoms with Gasteiger partial charge >= 0.3 is 5.97 Å². The SMILES string of the molecule is COC(=O)c1ccc2nc(-c3ccccc3OC)cn2c1. The second kappa shape index (κ2) is 5.28. The summed E-state index contributed by atoms with van der Waals surface area (Å²) in [6.07, 6.45) is 3.56. The van der Waals surface area contributed by atoms with Crippen molar-refractivity contribution in [3.8, 4) is 17.0 Å². The Labute approximate surface area is 121 Å². The lowest BCUT2D eigenvalue weighted by atomic mass is 10.1. The van der Waals surface area contributed by atoms with Gasteiger partial charge < -0.3 is 13.9 Å². The van der Waals surface area contributed by atoms with E-state index in [1.54, 1.807) is 29.8 Å². The monoisotopic (exact) mass is 282 g/mol. The summed E-state index contributed by atoms with van der Waals surface area (Å²) in [6.45, 7) is 0. The second-order valence-electron chi connectivity index (χ2n) is 4.50. The van der Waals surface area contributed by atoms with Crippen molar-refractivity contribution in [1.29, 1.82) is 0 Å². The maximum absolute atomic E-state index is 11.6. The number of hydrogen-bond acceptors (Lipinski definition) is 4.